The van der Waals surface area contributed by atoms with Crippen LogP contribution in [0.2, 0.25) is 0 Å². The lowest BCUT2D eigenvalue weighted by molar-refractivity contribution is 0.477. The number of anilines is 1. The molecule has 3 N–H and O–H groups in total. The van der Waals surface area contributed by atoms with Crippen molar-refractivity contribution in [2.75, 3.05) is 5.73 Å². The first-order valence-electron chi connectivity index (χ1n) is 4.72. The minimum atomic E-state index is 0. The number of phenols is 1. The van der Waals surface area contributed by atoms with E-state index in [0.717, 1.165) is 26.8 Å². The second kappa shape index (κ2) is 4.26. The summed E-state index contributed by atoms with van der Waals surface area (Å²) in [7, 11) is 0. The van der Waals surface area contributed by atoms with Gasteiger partial charge in [0.25, 0.3) is 0 Å². The summed E-state index contributed by atoms with van der Waals surface area (Å²) in [6.07, 6.45) is 0. The van der Waals surface area contributed by atoms with Crippen LogP contribution in [-0.2, 0) is 0 Å². The van der Waals surface area contributed by atoms with Crippen LogP contribution in [0.1, 0.15) is 18.6 Å². The van der Waals surface area contributed by atoms with Gasteiger partial charge in [0, 0.05) is 16.0 Å². The van der Waals surface area contributed by atoms with Crippen LogP contribution in [0.3, 0.4) is 0 Å². The van der Waals surface area contributed by atoms with Crippen LogP contribution in [0, 0.1) is 13.8 Å². The Kier molecular flexibility index (Phi) is 3.38. The van der Waals surface area contributed by atoms with Crippen molar-refractivity contribution in [3.05, 3.63) is 29.3 Å². The Bertz CT molecular complexity index is 549. The van der Waals surface area contributed by atoms with Crippen LogP contribution < -0.4 is 5.73 Å². The monoisotopic (exact) mass is 235 g/mol. The average Bonchev–Trinajstić information content (AvgIpc) is 2.13. The molecule has 0 saturated carbocycles. The Balaban J connectivity index is 0.00000128. The van der Waals surface area contributed by atoms with Crippen molar-refractivity contribution in [2.24, 2.45) is 0 Å². The van der Waals surface area contributed by atoms with Crippen molar-refractivity contribution < 1.29 is 5.11 Å². The molecule has 0 aliphatic carbocycles. The van der Waals surface area contributed by atoms with Gasteiger partial charge >= 0.3 is 0 Å². The van der Waals surface area contributed by atoms with Crippen LogP contribution in [0.4, 0.5) is 5.69 Å². The summed E-state index contributed by atoms with van der Waals surface area (Å²) in [5.41, 5.74) is 8.37. The summed E-state index contributed by atoms with van der Waals surface area (Å²) < 4.78 is 0. The van der Waals surface area contributed by atoms with Gasteiger partial charge in [0.15, 0.2) is 0 Å². The van der Waals surface area contributed by atoms with Crippen molar-refractivity contribution in [1.82, 2.24) is 0 Å². The largest absolute Gasteiger partial charge is 0.507 e. The molecule has 2 aromatic carbocycles. The third kappa shape index (κ3) is 1.83. The lowest BCUT2D eigenvalue weighted by Gasteiger charge is -2.10. The molecule has 0 aromatic heterocycles. The molecule has 2 rings (SSSR count). The fraction of sp³-hybridized carbons (Fsp3) is 0.231. The molecule has 0 radical (unpaired) electrons. The molecule has 0 amide bonds. The van der Waals surface area contributed by atoms with Crippen LogP contribution in [0.25, 0.3) is 10.8 Å². The van der Waals surface area contributed by atoms with E-state index in [1.165, 1.54) is 0 Å². The normalized spacial score (nSPS) is 10.2. The topological polar surface area (TPSA) is 46.2 Å². The van der Waals surface area contributed by atoms with E-state index in [-0.39, 0.29) is 13.2 Å². The van der Waals surface area contributed by atoms with E-state index >= 15 is 0 Å². The summed E-state index contributed by atoms with van der Waals surface area (Å²) in [6, 6.07) is 5.67. The Labute approximate surface area is 102 Å². The van der Waals surface area contributed by atoms with E-state index < -0.39 is 0 Å². The summed E-state index contributed by atoms with van der Waals surface area (Å²) in [4.78, 5) is 0.808. The van der Waals surface area contributed by atoms with Crippen molar-refractivity contribution in [3.63, 3.8) is 0 Å². The number of benzene rings is 2. The molecule has 3 heteroatoms. The van der Waals surface area contributed by atoms with Gasteiger partial charge in [-0.2, -0.15) is 0 Å². The predicted molar refractivity (Wildman–Crippen MR) is 73.5 cm³/mol. The zero-order valence-electron chi connectivity index (χ0n) is 8.70. The minimum absolute atomic E-state index is 0. The number of aryl methyl sites for hydroxylation is 1. The molecule has 0 fully saturated rings. The van der Waals surface area contributed by atoms with Gasteiger partial charge in [0.2, 0.25) is 0 Å². The summed E-state index contributed by atoms with van der Waals surface area (Å²) >= 11 is 4.26. The number of aromatic hydroxyl groups is 1. The number of hydrogen-bond donors (Lipinski definition) is 3. The molecule has 0 saturated heterocycles. The quantitative estimate of drug-likeness (QED) is 0.482. The molecule has 0 aliphatic heterocycles. The van der Waals surface area contributed by atoms with Gasteiger partial charge in [-0.05, 0) is 42.5 Å². The van der Waals surface area contributed by atoms with Crippen LogP contribution in [0.15, 0.2) is 23.1 Å². The van der Waals surface area contributed by atoms with Crippen LogP contribution in [-0.4, -0.2) is 5.11 Å². The molecule has 0 atom stereocenters. The number of hydrogen-bond acceptors (Lipinski definition) is 3. The van der Waals surface area contributed by atoms with Crippen LogP contribution in [0.5, 0.6) is 5.75 Å². The maximum absolute atomic E-state index is 10.0. The van der Waals surface area contributed by atoms with Gasteiger partial charge in [-0.25, -0.2) is 0 Å². The minimum Gasteiger partial charge on any atom is -0.507 e. The fourth-order valence-electron chi connectivity index (χ4n) is 1.77. The first-order chi connectivity index (χ1) is 7.00. The van der Waals surface area contributed by atoms with E-state index in [0.29, 0.717) is 5.69 Å². The molecular formula is C13H17NOS. The Morgan fingerprint density at radius 2 is 1.81 bits per heavy atom. The smallest absolute Gasteiger partial charge is 0.128 e. The molecule has 0 heterocycles. The maximum atomic E-state index is 10.0. The molecule has 2 aromatic rings. The zero-order valence-corrected chi connectivity index (χ0v) is 9.60. The average molecular weight is 235 g/mol. The maximum Gasteiger partial charge on any atom is 0.128 e. The first kappa shape index (κ1) is 12.7. The highest BCUT2D eigenvalue weighted by Crippen LogP contribution is 2.36. The molecule has 0 unspecified atom stereocenters. The second-order valence-corrected chi connectivity index (χ2v) is 4.32. The summed E-state index contributed by atoms with van der Waals surface area (Å²) in [5, 5.41) is 11.7. The standard InChI is InChI=1S/C12H13NOS.CH4/c1-6-3-8-4-9(15)5-10(13)11(8)12(14)7(6)2;/h3-5,14-15H,13H2,1-2H3;1H4. The van der Waals surface area contributed by atoms with Gasteiger partial charge in [-0.3, -0.25) is 0 Å². The fourth-order valence-corrected chi connectivity index (χ4v) is 2.05. The Hall–Kier alpha value is -1.35. The van der Waals surface area contributed by atoms with E-state index in [1.807, 2.05) is 26.0 Å². The molecular weight excluding hydrogens is 218 g/mol. The van der Waals surface area contributed by atoms with Gasteiger partial charge < -0.3 is 10.8 Å². The van der Waals surface area contributed by atoms with E-state index in [9.17, 15) is 5.11 Å². The lowest BCUT2D eigenvalue weighted by Crippen LogP contribution is -1.91. The van der Waals surface area contributed by atoms with Gasteiger partial charge in [0.05, 0.1) is 0 Å². The highest BCUT2D eigenvalue weighted by Gasteiger charge is 2.09. The van der Waals surface area contributed by atoms with E-state index in [1.54, 1.807) is 6.07 Å². The molecule has 86 valence electrons. The number of phenolic OH excluding ortho intramolecular Hbond substituents is 1. The number of thiol groups is 1. The number of fused-ring (bicyclic) bond motifs is 1. The van der Waals surface area contributed by atoms with Crippen molar-refractivity contribution >= 4 is 29.1 Å². The van der Waals surface area contributed by atoms with Crippen LogP contribution >= 0.6 is 12.6 Å². The molecule has 16 heavy (non-hydrogen) atoms. The Morgan fingerprint density at radius 1 is 1.19 bits per heavy atom. The number of nitrogens with two attached hydrogens (primary N) is 1. The van der Waals surface area contributed by atoms with E-state index in [2.05, 4.69) is 12.6 Å². The summed E-state index contributed by atoms with van der Waals surface area (Å²) in [6.45, 7) is 3.86. The molecule has 0 bridgehead atoms. The third-order valence-electron chi connectivity index (χ3n) is 2.74. The highest BCUT2D eigenvalue weighted by atomic mass is 32.1. The predicted octanol–water partition coefficient (Wildman–Crippen LogP) is 3.67. The van der Waals surface area contributed by atoms with Crippen molar-refractivity contribution in [1.29, 1.82) is 0 Å². The number of rotatable bonds is 0. The Morgan fingerprint density at radius 3 is 2.44 bits per heavy atom. The van der Waals surface area contributed by atoms with Gasteiger partial charge in [-0.1, -0.05) is 13.5 Å². The van der Waals surface area contributed by atoms with Crippen molar-refractivity contribution in [2.45, 2.75) is 26.2 Å². The summed E-state index contributed by atoms with van der Waals surface area (Å²) in [5.74, 6) is 0.274. The SMILES string of the molecule is C.Cc1cc2cc(S)cc(N)c2c(O)c1C. The number of nitrogen functional groups attached to an aromatic ring is 1. The van der Waals surface area contributed by atoms with Gasteiger partial charge in [0.1, 0.15) is 5.75 Å². The van der Waals surface area contributed by atoms with Crippen molar-refractivity contribution in [3.8, 4) is 5.75 Å². The molecule has 0 spiro atoms. The third-order valence-corrected chi connectivity index (χ3v) is 3.00. The molecule has 0 aliphatic rings. The zero-order chi connectivity index (χ0) is 11.2. The van der Waals surface area contributed by atoms with E-state index in [4.69, 9.17) is 5.73 Å². The lowest BCUT2D eigenvalue weighted by atomic mass is 10.00. The first-order valence-corrected chi connectivity index (χ1v) is 5.17. The highest BCUT2D eigenvalue weighted by molar-refractivity contribution is 7.80. The van der Waals surface area contributed by atoms with Gasteiger partial charge in [-0.15, -0.1) is 12.6 Å². The second-order valence-electron chi connectivity index (χ2n) is 3.80. The molecule has 2 nitrogen and oxygen atoms in total.